The Bertz CT molecular complexity index is 840. The molecule has 1 aromatic heterocycles. The largest absolute Gasteiger partial charge is 0.493 e. The van der Waals surface area contributed by atoms with E-state index in [2.05, 4.69) is 25.8 Å². The second-order valence-corrected chi connectivity index (χ2v) is 8.58. The molecule has 1 aromatic carbocycles. The normalized spacial score (nSPS) is 12.7. The van der Waals surface area contributed by atoms with Crippen LogP contribution in [0.1, 0.15) is 61.7 Å². The molecule has 0 fully saturated rings. The summed E-state index contributed by atoms with van der Waals surface area (Å²) in [6, 6.07) is 4.00. The second-order valence-electron chi connectivity index (χ2n) is 8.58. The maximum absolute atomic E-state index is 12.0. The number of hydrogen-bond acceptors (Lipinski definition) is 6. The molecule has 2 rings (SSSR count). The van der Waals surface area contributed by atoms with Crippen LogP contribution in [0.2, 0.25) is 0 Å². The first kappa shape index (κ1) is 23.9. The number of methoxy groups -OCH3 is 1. The van der Waals surface area contributed by atoms with Crippen molar-refractivity contribution in [1.82, 2.24) is 4.98 Å². The van der Waals surface area contributed by atoms with E-state index in [1.54, 1.807) is 0 Å². The van der Waals surface area contributed by atoms with Crippen LogP contribution in [-0.4, -0.2) is 37.4 Å². The zero-order valence-electron chi connectivity index (χ0n) is 19.5. The number of esters is 1. The van der Waals surface area contributed by atoms with Crippen molar-refractivity contribution >= 4 is 5.97 Å². The molecule has 0 saturated carbocycles. The van der Waals surface area contributed by atoms with Crippen LogP contribution in [0.25, 0.3) is 0 Å². The molecule has 1 atom stereocenters. The molecule has 166 valence electrons. The van der Waals surface area contributed by atoms with E-state index in [-0.39, 0.29) is 11.4 Å². The van der Waals surface area contributed by atoms with Gasteiger partial charge in [-0.1, -0.05) is 20.8 Å². The van der Waals surface area contributed by atoms with E-state index in [9.17, 15) is 4.79 Å². The Morgan fingerprint density at radius 3 is 2.30 bits per heavy atom. The average Bonchev–Trinajstić information content (AvgIpc) is 3.04. The number of nitrogens with zero attached hydrogens (tertiary/aromatic N) is 1. The topological polar surface area (TPSA) is 70.8 Å². The Kier molecular flexibility index (Phi) is 8.07. The minimum atomic E-state index is -0.601. The Hall–Kier alpha value is -2.34. The number of oxazole rings is 1. The van der Waals surface area contributed by atoms with Crippen molar-refractivity contribution in [1.29, 1.82) is 0 Å². The number of benzene rings is 1. The van der Waals surface area contributed by atoms with Gasteiger partial charge in [0.2, 0.25) is 0 Å². The van der Waals surface area contributed by atoms with E-state index in [0.29, 0.717) is 26.1 Å². The third-order valence-corrected chi connectivity index (χ3v) is 5.03. The molecule has 6 nitrogen and oxygen atoms in total. The van der Waals surface area contributed by atoms with Crippen LogP contribution in [0.5, 0.6) is 5.75 Å². The highest BCUT2D eigenvalue weighted by atomic mass is 16.6. The van der Waals surface area contributed by atoms with Gasteiger partial charge in [0.15, 0.2) is 12.0 Å². The van der Waals surface area contributed by atoms with Crippen LogP contribution in [0, 0.1) is 20.8 Å². The Balaban J connectivity index is 2.05. The van der Waals surface area contributed by atoms with Gasteiger partial charge in [-0.3, -0.25) is 0 Å². The summed E-state index contributed by atoms with van der Waals surface area (Å²) >= 11 is 0. The van der Waals surface area contributed by atoms with Gasteiger partial charge in [0, 0.05) is 24.9 Å². The first-order chi connectivity index (χ1) is 14.1. The van der Waals surface area contributed by atoms with Gasteiger partial charge in [0.25, 0.3) is 0 Å². The molecule has 0 bridgehead atoms. The summed E-state index contributed by atoms with van der Waals surface area (Å²) in [5.41, 5.74) is 4.02. The van der Waals surface area contributed by atoms with E-state index in [1.165, 1.54) is 7.11 Å². The highest BCUT2D eigenvalue weighted by Crippen LogP contribution is 2.26. The summed E-state index contributed by atoms with van der Waals surface area (Å²) in [5, 5.41) is 0. The third-order valence-electron chi connectivity index (χ3n) is 5.03. The van der Waals surface area contributed by atoms with E-state index in [1.807, 2.05) is 39.8 Å². The molecule has 0 spiro atoms. The van der Waals surface area contributed by atoms with Crippen LogP contribution in [-0.2, 0) is 32.5 Å². The molecule has 6 heteroatoms. The van der Waals surface area contributed by atoms with Gasteiger partial charge in [0.1, 0.15) is 11.5 Å². The molecule has 0 saturated heterocycles. The fourth-order valence-electron chi connectivity index (χ4n) is 3.33. The van der Waals surface area contributed by atoms with Crippen LogP contribution >= 0.6 is 0 Å². The van der Waals surface area contributed by atoms with Crippen LogP contribution in [0.3, 0.4) is 0 Å². The molecule has 0 aliphatic rings. The summed E-state index contributed by atoms with van der Waals surface area (Å²) in [7, 11) is 1.38. The lowest BCUT2D eigenvalue weighted by atomic mass is 9.97. The van der Waals surface area contributed by atoms with Gasteiger partial charge in [-0.25, -0.2) is 9.78 Å². The smallest absolute Gasteiger partial charge is 0.335 e. The summed E-state index contributed by atoms with van der Waals surface area (Å²) in [4.78, 5) is 16.6. The van der Waals surface area contributed by atoms with Gasteiger partial charge >= 0.3 is 5.97 Å². The van der Waals surface area contributed by atoms with Crippen molar-refractivity contribution in [3.63, 3.8) is 0 Å². The quantitative estimate of drug-likeness (QED) is 0.554. The van der Waals surface area contributed by atoms with Gasteiger partial charge in [-0.15, -0.1) is 0 Å². The lowest BCUT2D eigenvalue weighted by Crippen LogP contribution is -2.28. The number of carbonyl (C=O) groups excluding carboxylic acids is 1. The van der Waals surface area contributed by atoms with Crippen molar-refractivity contribution < 1.29 is 23.4 Å². The SMILES string of the molecule is CCOC(Cc1c(C)cc(OCCc2nc(C(C)(C)C)oc2C)cc1C)C(=O)OC. The van der Waals surface area contributed by atoms with Crippen LogP contribution in [0.15, 0.2) is 16.5 Å². The number of carbonyl (C=O) groups is 1. The first-order valence-corrected chi connectivity index (χ1v) is 10.5. The van der Waals surface area contributed by atoms with E-state index >= 15 is 0 Å². The second kappa shape index (κ2) is 10.1. The summed E-state index contributed by atoms with van der Waals surface area (Å²) in [6.45, 7) is 15.1. The zero-order chi connectivity index (χ0) is 22.5. The average molecular weight is 418 g/mol. The van der Waals surface area contributed by atoms with Gasteiger partial charge < -0.3 is 18.6 Å². The minimum absolute atomic E-state index is 0.114. The molecule has 1 heterocycles. The number of ether oxygens (including phenoxy) is 3. The molecule has 30 heavy (non-hydrogen) atoms. The maximum atomic E-state index is 12.0. The van der Waals surface area contributed by atoms with Gasteiger partial charge in [-0.2, -0.15) is 0 Å². The van der Waals surface area contributed by atoms with Gasteiger partial charge in [-0.05, 0) is 56.5 Å². The zero-order valence-corrected chi connectivity index (χ0v) is 19.5. The Morgan fingerprint density at radius 2 is 1.80 bits per heavy atom. The summed E-state index contributed by atoms with van der Waals surface area (Å²) in [5.74, 6) is 2.04. The molecule has 0 radical (unpaired) electrons. The molecule has 0 aliphatic heterocycles. The maximum Gasteiger partial charge on any atom is 0.335 e. The highest BCUT2D eigenvalue weighted by Gasteiger charge is 2.23. The lowest BCUT2D eigenvalue weighted by molar-refractivity contribution is -0.153. The predicted octanol–water partition coefficient (Wildman–Crippen LogP) is 4.64. The standard InChI is InChI=1S/C24H35NO5/c1-9-28-21(22(26)27-8)14-19-15(2)12-18(13-16(19)3)29-11-10-20-17(4)30-23(25-20)24(5,6)7/h12-13,21H,9-11,14H2,1-8H3. The number of hydrogen-bond donors (Lipinski definition) is 0. The van der Waals surface area contributed by atoms with Crippen LogP contribution in [0.4, 0.5) is 0 Å². The predicted molar refractivity (Wildman–Crippen MR) is 116 cm³/mol. The van der Waals surface area contributed by atoms with Crippen molar-refractivity contribution in [3.05, 3.63) is 46.2 Å². The summed E-state index contributed by atoms with van der Waals surface area (Å²) < 4.78 is 22.2. The number of rotatable bonds is 9. The van der Waals surface area contributed by atoms with Crippen molar-refractivity contribution in [3.8, 4) is 5.75 Å². The Labute approximate surface area is 179 Å². The van der Waals surface area contributed by atoms with Crippen LogP contribution < -0.4 is 4.74 Å². The fourth-order valence-corrected chi connectivity index (χ4v) is 3.33. The van der Waals surface area contributed by atoms with Crippen molar-refractivity contribution in [2.24, 2.45) is 0 Å². The highest BCUT2D eigenvalue weighted by molar-refractivity contribution is 5.75. The first-order valence-electron chi connectivity index (χ1n) is 10.5. The van der Waals surface area contributed by atoms with E-state index in [4.69, 9.17) is 18.6 Å². The lowest BCUT2D eigenvalue weighted by Gasteiger charge is -2.18. The van der Waals surface area contributed by atoms with E-state index in [0.717, 1.165) is 39.8 Å². The monoisotopic (exact) mass is 417 g/mol. The summed E-state index contributed by atoms with van der Waals surface area (Å²) in [6.07, 6.45) is 0.558. The molecule has 1 unspecified atom stereocenters. The third kappa shape index (κ3) is 6.08. The fraction of sp³-hybridized carbons (Fsp3) is 0.583. The molecule has 0 amide bonds. The molecular formula is C24H35NO5. The Morgan fingerprint density at radius 1 is 1.17 bits per heavy atom. The van der Waals surface area contributed by atoms with Crippen molar-refractivity contribution in [2.75, 3.05) is 20.3 Å². The number of aryl methyl sites for hydroxylation is 3. The molecule has 2 aromatic rings. The minimum Gasteiger partial charge on any atom is -0.493 e. The molecular weight excluding hydrogens is 382 g/mol. The molecule has 0 aliphatic carbocycles. The van der Waals surface area contributed by atoms with E-state index < -0.39 is 6.10 Å². The molecule has 0 N–H and O–H groups in total. The number of aromatic nitrogens is 1. The van der Waals surface area contributed by atoms with Crippen molar-refractivity contribution in [2.45, 2.75) is 72.8 Å². The van der Waals surface area contributed by atoms with Gasteiger partial charge in [0.05, 0.1) is 19.4 Å².